The molecule has 1 aliphatic rings. The minimum Gasteiger partial charge on any atom is -0.391 e. The molecule has 4 heterocycles. The largest absolute Gasteiger partial charge is 0.416 e. The molecule has 0 radical (unpaired) electrons. The number of carbonyl (C=O) groups excluding carboxylic acids is 1. The fraction of sp³-hybridized carbons (Fsp3) is 0.286. The zero-order valence-corrected chi connectivity index (χ0v) is 16.4. The van der Waals surface area contributed by atoms with Gasteiger partial charge in [-0.25, -0.2) is 9.97 Å². The van der Waals surface area contributed by atoms with Crippen molar-refractivity contribution in [3.05, 3.63) is 54.1 Å². The van der Waals surface area contributed by atoms with Crippen molar-refractivity contribution in [2.45, 2.75) is 31.7 Å². The number of likely N-dealkylation sites (tertiary alicyclic amines) is 1. The molecule has 0 aliphatic carbocycles. The standard InChI is InChI=1S/C21H18F3N5O2/c1-11(30)28-10-14(31)8-16(28)20-27-18(12-2-4-13(5-3-12)21(22,23)24)17-9-26-19-15(29(17)20)6-7-25-19/h2-7,9,14,16,25,31H,8,10H2,1H3. The van der Waals surface area contributed by atoms with Crippen LogP contribution in [0.2, 0.25) is 0 Å². The van der Waals surface area contributed by atoms with Crippen LogP contribution >= 0.6 is 0 Å². The second kappa shape index (κ2) is 6.81. The molecule has 1 aromatic carbocycles. The Bertz CT molecular complexity index is 1290. The lowest BCUT2D eigenvalue weighted by Gasteiger charge is -2.22. The van der Waals surface area contributed by atoms with E-state index in [9.17, 15) is 23.1 Å². The maximum Gasteiger partial charge on any atom is 0.416 e. The van der Waals surface area contributed by atoms with Crippen molar-refractivity contribution in [3.63, 3.8) is 0 Å². The number of imidazole rings is 1. The number of benzene rings is 1. The first-order valence-electron chi connectivity index (χ1n) is 9.71. The first kappa shape index (κ1) is 19.6. The number of β-amino-alcohol motifs (C(OH)–C–C–N with tert-alkyl or cyclic N) is 1. The van der Waals surface area contributed by atoms with Gasteiger partial charge in [0.15, 0.2) is 5.65 Å². The lowest BCUT2D eigenvalue weighted by molar-refractivity contribution is -0.137. The second-order valence-electron chi connectivity index (χ2n) is 7.66. The van der Waals surface area contributed by atoms with Crippen molar-refractivity contribution in [1.82, 2.24) is 24.3 Å². The van der Waals surface area contributed by atoms with Gasteiger partial charge in [0.2, 0.25) is 5.91 Å². The zero-order chi connectivity index (χ0) is 21.9. The Labute approximate surface area is 174 Å². The molecule has 0 spiro atoms. The molecule has 160 valence electrons. The van der Waals surface area contributed by atoms with E-state index >= 15 is 0 Å². The van der Waals surface area contributed by atoms with Crippen LogP contribution in [0.1, 0.15) is 30.8 Å². The fourth-order valence-corrected chi connectivity index (χ4v) is 4.24. The van der Waals surface area contributed by atoms with Gasteiger partial charge in [-0.2, -0.15) is 13.2 Å². The van der Waals surface area contributed by atoms with Crippen molar-refractivity contribution in [1.29, 1.82) is 0 Å². The van der Waals surface area contributed by atoms with Crippen LogP contribution in [-0.2, 0) is 11.0 Å². The molecule has 1 amide bonds. The molecule has 2 N–H and O–H groups in total. The van der Waals surface area contributed by atoms with E-state index in [1.54, 1.807) is 17.3 Å². The number of halogens is 3. The third-order valence-electron chi connectivity index (χ3n) is 5.67. The summed E-state index contributed by atoms with van der Waals surface area (Å²) in [5, 5.41) is 10.2. The first-order valence-corrected chi connectivity index (χ1v) is 9.71. The number of amides is 1. The zero-order valence-electron chi connectivity index (χ0n) is 16.4. The number of nitrogens with one attached hydrogen (secondary N) is 1. The predicted octanol–water partition coefficient (Wildman–Crippen LogP) is 3.55. The topological polar surface area (TPSA) is 86.5 Å². The van der Waals surface area contributed by atoms with E-state index in [2.05, 4.69) is 9.97 Å². The second-order valence-corrected chi connectivity index (χ2v) is 7.66. The van der Waals surface area contributed by atoms with Crippen molar-refractivity contribution in [2.75, 3.05) is 6.54 Å². The number of hydrogen-bond acceptors (Lipinski definition) is 4. The Kier molecular flexibility index (Phi) is 4.30. The maximum absolute atomic E-state index is 13.0. The van der Waals surface area contributed by atoms with Gasteiger partial charge >= 0.3 is 6.18 Å². The van der Waals surface area contributed by atoms with Crippen molar-refractivity contribution in [2.24, 2.45) is 0 Å². The Morgan fingerprint density at radius 1 is 1.19 bits per heavy atom. The van der Waals surface area contributed by atoms with Crippen LogP contribution in [0.3, 0.4) is 0 Å². The SMILES string of the molecule is CC(=O)N1CC(O)CC1c1nc(-c2ccc(C(F)(F)F)cc2)c2cnc3[nH]ccc3n12. The van der Waals surface area contributed by atoms with E-state index in [0.29, 0.717) is 34.7 Å². The van der Waals surface area contributed by atoms with Gasteiger partial charge in [-0.1, -0.05) is 12.1 Å². The lowest BCUT2D eigenvalue weighted by atomic mass is 10.1. The summed E-state index contributed by atoms with van der Waals surface area (Å²) >= 11 is 0. The van der Waals surface area contributed by atoms with Gasteiger partial charge in [0.05, 0.1) is 40.6 Å². The maximum atomic E-state index is 13.0. The number of alkyl halides is 3. The minimum absolute atomic E-state index is 0.186. The fourth-order valence-electron chi connectivity index (χ4n) is 4.24. The van der Waals surface area contributed by atoms with Crippen LogP contribution in [0.25, 0.3) is 27.9 Å². The molecule has 1 saturated heterocycles. The number of rotatable bonds is 2. The number of H-pyrrole nitrogens is 1. The molecule has 5 rings (SSSR count). The molecule has 1 aliphatic heterocycles. The summed E-state index contributed by atoms with van der Waals surface area (Å²) in [4.78, 5) is 25.9. The highest BCUT2D eigenvalue weighted by atomic mass is 19.4. The molecular weight excluding hydrogens is 411 g/mol. The summed E-state index contributed by atoms with van der Waals surface area (Å²) in [5.74, 6) is 0.345. The molecule has 0 bridgehead atoms. The Morgan fingerprint density at radius 3 is 2.61 bits per heavy atom. The molecule has 7 nitrogen and oxygen atoms in total. The number of hydrogen-bond donors (Lipinski definition) is 2. The number of carbonyl (C=O) groups is 1. The molecule has 4 aromatic rings. The van der Waals surface area contributed by atoms with Gasteiger partial charge in [0.1, 0.15) is 5.82 Å². The quantitative estimate of drug-likeness (QED) is 0.510. The number of nitrogens with zero attached hydrogens (tertiary/aromatic N) is 4. The van der Waals surface area contributed by atoms with Crippen molar-refractivity contribution >= 4 is 22.6 Å². The molecule has 10 heteroatoms. The van der Waals surface area contributed by atoms with E-state index in [4.69, 9.17) is 4.98 Å². The van der Waals surface area contributed by atoms with Gasteiger partial charge in [-0.15, -0.1) is 0 Å². The summed E-state index contributed by atoms with van der Waals surface area (Å²) in [6.07, 6.45) is -1.46. The van der Waals surface area contributed by atoms with Crippen LogP contribution in [0.5, 0.6) is 0 Å². The van der Waals surface area contributed by atoms with Crippen molar-refractivity contribution in [3.8, 4) is 11.3 Å². The molecule has 3 aromatic heterocycles. The molecule has 31 heavy (non-hydrogen) atoms. The van der Waals surface area contributed by atoms with Gasteiger partial charge in [0.25, 0.3) is 0 Å². The van der Waals surface area contributed by atoms with E-state index in [0.717, 1.165) is 17.6 Å². The van der Waals surface area contributed by atoms with Gasteiger partial charge in [0, 0.05) is 31.6 Å². The summed E-state index contributed by atoms with van der Waals surface area (Å²) < 4.78 is 40.8. The Hall–Kier alpha value is -3.40. The lowest BCUT2D eigenvalue weighted by Crippen LogP contribution is -2.30. The third-order valence-corrected chi connectivity index (χ3v) is 5.67. The highest BCUT2D eigenvalue weighted by molar-refractivity contribution is 5.84. The first-order chi connectivity index (χ1) is 14.7. The highest BCUT2D eigenvalue weighted by Gasteiger charge is 2.37. The van der Waals surface area contributed by atoms with Gasteiger partial charge in [-0.05, 0) is 18.2 Å². The number of aliphatic hydroxyl groups is 1. The Balaban J connectivity index is 1.73. The summed E-state index contributed by atoms with van der Waals surface area (Å²) in [7, 11) is 0. The molecule has 2 unspecified atom stereocenters. The molecule has 1 fully saturated rings. The molecular formula is C21H18F3N5O2. The van der Waals surface area contributed by atoms with Crippen LogP contribution in [-0.4, -0.2) is 47.9 Å². The van der Waals surface area contributed by atoms with E-state index in [1.807, 2.05) is 10.5 Å². The van der Waals surface area contributed by atoms with Crippen LogP contribution in [0, 0.1) is 0 Å². The summed E-state index contributed by atoms with van der Waals surface area (Å²) in [6, 6.07) is 6.14. The summed E-state index contributed by atoms with van der Waals surface area (Å²) in [6.45, 7) is 1.64. The molecule has 2 atom stereocenters. The number of aromatic amines is 1. The number of fused-ring (bicyclic) bond motifs is 3. The van der Waals surface area contributed by atoms with E-state index in [-0.39, 0.29) is 12.5 Å². The van der Waals surface area contributed by atoms with Gasteiger partial charge < -0.3 is 15.0 Å². The summed E-state index contributed by atoms with van der Waals surface area (Å²) in [5.41, 5.74) is 2.16. The van der Waals surface area contributed by atoms with Crippen LogP contribution in [0.15, 0.2) is 42.7 Å². The average molecular weight is 429 g/mol. The minimum atomic E-state index is -4.43. The van der Waals surface area contributed by atoms with E-state index in [1.165, 1.54) is 19.1 Å². The van der Waals surface area contributed by atoms with E-state index < -0.39 is 23.9 Å². The van der Waals surface area contributed by atoms with Crippen LogP contribution < -0.4 is 0 Å². The third kappa shape index (κ3) is 3.14. The number of aromatic nitrogens is 4. The smallest absolute Gasteiger partial charge is 0.391 e. The normalized spacial score (nSPS) is 19.6. The predicted molar refractivity (Wildman–Crippen MR) is 106 cm³/mol. The monoisotopic (exact) mass is 429 g/mol. The van der Waals surface area contributed by atoms with Crippen LogP contribution in [0.4, 0.5) is 13.2 Å². The molecule has 0 saturated carbocycles. The van der Waals surface area contributed by atoms with Crippen molar-refractivity contribution < 1.29 is 23.1 Å². The average Bonchev–Trinajstić information content (AvgIpc) is 3.42. The van der Waals surface area contributed by atoms with Gasteiger partial charge in [-0.3, -0.25) is 9.20 Å². The number of aliphatic hydroxyl groups excluding tert-OH is 1. The highest BCUT2D eigenvalue weighted by Crippen LogP contribution is 2.37. The Morgan fingerprint density at radius 2 is 1.94 bits per heavy atom.